The van der Waals surface area contributed by atoms with Gasteiger partial charge in [0.05, 0.1) is 12.7 Å². The van der Waals surface area contributed by atoms with Crippen LogP contribution >= 0.6 is 0 Å². The van der Waals surface area contributed by atoms with E-state index < -0.39 is 5.60 Å². The van der Waals surface area contributed by atoms with Crippen LogP contribution in [0.25, 0.3) is 0 Å². The van der Waals surface area contributed by atoms with Crippen LogP contribution in [0.5, 0.6) is 0 Å². The number of aromatic nitrogens is 2. The maximum Gasteiger partial charge on any atom is 0.220 e. The number of hydrogen-bond acceptors (Lipinski definition) is 3. The molecule has 5 heteroatoms. The molecular formula is C15H25N3O2. The Morgan fingerprint density at radius 1 is 1.55 bits per heavy atom. The molecule has 1 aliphatic rings. The van der Waals surface area contributed by atoms with Gasteiger partial charge < -0.3 is 10.4 Å². The largest absolute Gasteiger partial charge is 0.383 e. The maximum atomic E-state index is 11.8. The molecule has 1 saturated carbocycles. The van der Waals surface area contributed by atoms with E-state index in [0.717, 1.165) is 17.9 Å². The number of carbonyl (C=O) groups excluding carboxylic acids is 1. The van der Waals surface area contributed by atoms with Crippen LogP contribution in [-0.2, 0) is 17.4 Å². The topological polar surface area (TPSA) is 67.2 Å². The number of aryl methyl sites for hydroxylation is 1. The molecule has 1 aromatic rings. The van der Waals surface area contributed by atoms with Crippen molar-refractivity contribution in [2.24, 2.45) is 13.0 Å². The second kappa shape index (κ2) is 6.39. The highest BCUT2D eigenvalue weighted by Crippen LogP contribution is 2.28. The van der Waals surface area contributed by atoms with Gasteiger partial charge in [0, 0.05) is 25.2 Å². The Kier molecular flexibility index (Phi) is 4.81. The first kappa shape index (κ1) is 15.0. The number of nitrogens with one attached hydrogen (secondary N) is 1. The molecule has 20 heavy (non-hydrogen) atoms. The fourth-order valence-corrected chi connectivity index (χ4v) is 2.79. The van der Waals surface area contributed by atoms with Crippen LogP contribution in [0, 0.1) is 5.92 Å². The minimum Gasteiger partial charge on any atom is -0.383 e. The van der Waals surface area contributed by atoms with Gasteiger partial charge in [0.15, 0.2) is 0 Å². The predicted molar refractivity (Wildman–Crippen MR) is 77.0 cm³/mol. The van der Waals surface area contributed by atoms with E-state index in [0.29, 0.717) is 6.42 Å². The van der Waals surface area contributed by atoms with Gasteiger partial charge in [0.2, 0.25) is 5.91 Å². The zero-order chi connectivity index (χ0) is 14.6. The molecule has 1 aliphatic carbocycles. The number of rotatable bonds is 6. The van der Waals surface area contributed by atoms with E-state index in [-0.39, 0.29) is 12.5 Å². The molecule has 0 aromatic carbocycles. The fraction of sp³-hybridized carbons (Fsp3) is 0.733. The number of nitrogens with zero attached hydrogens (tertiary/aromatic N) is 2. The quantitative estimate of drug-likeness (QED) is 0.833. The highest BCUT2D eigenvalue weighted by molar-refractivity contribution is 5.75. The summed E-state index contributed by atoms with van der Waals surface area (Å²) in [5.41, 5.74) is -0.354. The summed E-state index contributed by atoms with van der Waals surface area (Å²) in [7, 11) is 1.81. The SMILES string of the molecule is Cn1cc(C(C)(O)CNC(=O)CCC2CCCC2)cn1. The Bertz CT molecular complexity index is 448. The fourth-order valence-electron chi connectivity index (χ4n) is 2.79. The van der Waals surface area contributed by atoms with Crippen LogP contribution in [0.2, 0.25) is 0 Å². The van der Waals surface area contributed by atoms with Gasteiger partial charge in [-0.2, -0.15) is 5.10 Å². The number of hydrogen-bond donors (Lipinski definition) is 2. The predicted octanol–water partition coefficient (Wildman–Crippen LogP) is 1.71. The van der Waals surface area contributed by atoms with Gasteiger partial charge in [-0.3, -0.25) is 9.48 Å². The van der Waals surface area contributed by atoms with Gasteiger partial charge in [-0.15, -0.1) is 0 Å². The highest BCUT2D eigenvalue weighted by Gasteiger charge is 2.25. The average molecular weight is 279 g/mol. The first-order chi connectivity index (χ1) is 9.47. The van der Waals surface area contributed by atoms with E-state index >= 15 is 0 Å². The van der Waals surface area contributed by atoms with Crippen molar-refractivity contribution in [2.75, 3.05) is 6.54 Å². The van der Waals surface area contributed by atoms with E-state index in [2.05, 4.69) is 10.4 Å². The summed E-state index contributed by atoms with van der Waals surface area (Å²) in [5, 5.41) is 17.2. The summed E-state index contributed by atoms with van der Waals surface area (Å²) in [6, 6.07) is 0. The molecule has 1 amide bonds. The molecule has 0 bridgehead atoms. The van der Waals surface area contributed by atoms with E-state index in [9.17, 15) is 9.90 Å². The lowest BCUT2D eigenvalue weighted by Crippen LogP contribution is -2.38. The second-order valence-corrected chi connectivity index (χ2v) is 6.14. The summed E-state index contributed by atoms with van der Waals surface area (Å²) in [4.78, 5) is 11.8. The van der Waals surface area contributed by atoms with E-state index in [1.165, 1.54) is 25.7 Å². The molecule has 2 rings (SSSR count). The van der Waals surface area contributed by atoms with Gasteiger partial charge in [-0.05, 0) is 19.3 Å². The van der Waals surface area contributed by atoms with Crippen molar-refractivity contribution in [3.8, 4) is 0 Å². The molecule has 0 radical (unpaired) electrons. The van der Waals surface area contributed by atoms with Crippen LogP contribution in [0.15, 0.2) is 12.4 Å². The third-order valence-electron chi connectivity index (χ3n) is 4.21. The molecule has 1 fully saturated rings. The Morgan fingerprint density at radius 3 is 2.85 bits per heavy atom. The first-order valence-corrected chi connectivity index (χ1v) is 7.45. The van der Waals surface area contributed by atoms with Crippen molar-refractivity contribution in [3.63, 3.8) is 0 Å². The molecule has 0 aliphatic heterocycles. The van der Waals surface area contributed by atoms with E-state index in [1.54, 1.807) is 31.0 Å². The van der Waals surface area contributed by atoms with Gasteiger partial charge in [-0.1, -0.05) is 25.7 Å². The molecule has 1 heterocycles. The normalized spacial score (nSPS) is 18.9. The van der Waals surface area contributed by atoms with E-state index in [1.807, 2.05) is 0 Å². The van der Waals surface area contributed by atoms with Gasteiger partial charge in [-0.25, -0.2) is 0 Å². The monoisotopic (exact) mass is 279 g/mol. The Balaban J connectivity index is 1.74. The number of carbonyl (C=O) groups is 1. The summed E-state index contributed by atoms with van der Waals surface area (Å²) in [5.74, 6) is 0.751. The zero-order valence-electron chi connectivity index (χ0n) is 12.4. The summed E-state index contributed by atoms with van der Waals surface area (Å²) in [6.07, 6.45) is 10.1. The van der Waals surface area contributed by atoms with Gasteiger partial charge >= 0.3 is 0 Å². The first-order valence-electron chi connectivity index (χ1n) is 7.45. The van der Waals surface area contributed by atoms with Crippen LogP contribution in [0.1, 0.15) is 51.0 Å². The molecule has 112 valence electrons. The Hall–Kier alpha value is -1.36. The standard InChI is InChI=1S/C15H25N3O2/c1-15(20,13-9-17-18(2)10-13)11-16-14(19)8-7-12-5-3-4-6-12/h9-10,12,20H,3-8,11H2,1-2H3,(H,16,19). The Morgan fingerprint density at radius 2 is 2.25 bits per heavy atom. The molecule has 5 nitrogen and oxygen atoms in total. The molecule has 0 saturated heterocycles. The molecule has 1 atom stereocenters. The minimum absolute atomic E-state index is 0.0288. The van der Waals surface area contributed by atoms with Gasteiger partial charge in [0.1, 0.15) is 5.60 Å². The van der Waals surface area contributed by atoms with Crippen LogP contribution in [0.3, 0.4) is 0 Å². The van der Waals surface area contributed by atoms with Crippen LogP contribution in [-0.4, -0.2) is 27.3 Å². The third kappa shape index (κ3) is 4.07. The smallest absolute Gasteiger partial charge is 0.220 e. The minimum atomic E-state index is -1.07. The highest BCUT2D eigenvalue weighted by atomic mass is 16.3. The zero-order valence-corrected chi connectivity index (χ0v) is 12.4. The molecule has 2 N–H and O–H groups in total. The number of aliphatic hydroxyl groups is 1. The summed E-state index contributed by atoms with van der Waals surface area (Å²) >= 11 is 0. The lowest BCUT2D eigenvalue weighted by atomic mass is 9.99. The summed E-state index contributed by atoms with van der Waals surface area (Å²) < 4.78 is 1.64. The third-order valence-corrected chi connectivity index (χ3v) is 4.21. The average Bonchev–Trinajstić information content (AvgIpc) is 3.05. The van der Waals surface area contributed by atoms with Crippen molar-refractivity contribution in [3.05, 3.63) is 18.0 Å². The van der Waals surface area contributed by atoms with Crippen molar-refractivity contribution in [2.45, 2.75) is 51.0 Å². The molecule has 1 unspecified atom stereocenters. The van der Waals surface area contributed by atoms with Crippen molar-refractivity contribution < 1.29 is 9.90 Å². The lowest BCUT2D eigenvalue weighted by molar-refractivity contribution is -0.122. The van der Waals surface area contributed by atoms with Gasteiger partial charge in [0.25, 0.3) is 0 Å². The lowest BCUT2D eigenvalue weighted by Gasteiger charge is -2.22. The van der Waals surface area contributed by atoms with Crippen LogP contribution in [0.4, 0.5) is 0 Å². The maximum absolute atomic E-state index is 11.8. The molecule has 1 aromatic heterocycles. The van der Waals surface area contributed by atoms with Crippen LogP contribution < -0.4 is 5.32 Å². The Labute approximate surface area is 120 Å². The van der Waals surface area contributed by atoms with Crippen molar-refractivity contribution in [1.82, 2.24) is 15.1 Å². The van der Waals surface area contributed by atoms with E-state index in [4.69, 9.17) is 0 Å². The van der Waals surface area contributed by atoms with Crippen molar-refractivity contribution in [1.29, 1.82) is 0 Å². The molecular weight excluding hydrogens is 254 g/mol. The summed E-state index contributed by atoms with van der Waals surface area (Å²) in [6.45, 7) is 1.92. The van der Waals surface area contributed by atoms with Crippen molar-refractivity contribution >= 4 is 5.91 Å². The second-order valence-electron chi connectivity index (χ2n) is 6.14. The number of amides is 1. The molecule has 0 spiro atoms.